The van der Waals surface area contributed by atoms with Gasteiger partial charge in [0, 0.05) is 32.2 Å². The molecule has 2 atom stereocenters. The number of methoxy groups -OCH3 is 1. The highest BCUT2D eigenvalue weighted by molar-refractivity contribution is 6.46. The Morgan fingerprint density at radius 2 is 1.91 bits per heavy atom. The molecular weight excluding hydrogens is 418 g/mol. The number of nitrogens with zero attached hydrogens (tertiary/aromatic N) is 1. The summed E-state index contributed by atoms with van der Waals surface area (Å²) in [7, 11) is 1.61. The molecule has 1 N–H and O–H groups in total. The molecule has 2 aliphatic rings. The Morgan fingerprint density at radius 1 is 1.18 bits per heavy atom. The van der Waals surface area contributed by atoms with Crippen LogP contribution in [0.2, 0.25) is 0 Å². The summed E-state index contributed by atoms with van der Waals surface area (Å²) in [4.78, 5) is 27.7. The van der Waals surface area contributed by atoms with E-state index in [9.17, 15) is 14.7 Å². The van der Waals surface area contributed by atoms with Crippen LogP contribution in [0.1, 0.15) is 61.4 Å². The number of likely N-dealkylation sites (tertiary alicyclic amines) is 1. The number of benzene rings is 2. The van der Waals surface area contributed by atoms with Gasteiger partial charge < -0.3 is 19.5 Å². The molecule has 0 radical (unpaired) electrons. The van der Waals surface area contributed by atoms with Gasteiger partial charge in [0.15, 0.2) is 0 Å². The normalized spacial score (nSPS) is 21.5. The first-order valence-electron chi connectivity index (χ1n) is 11.5. The van der Waals surface area contributed by atoms with Crippen LogP contribution in [0.4, 0.5) is 0 Å². The third-order valence-electron chi connectivity index (χ3n) is 6.38. The van der Waals surface area contributed by atoms with Gasteiger partial charge in [0.05, 0.1) is 11.6 Å². The molecular formula is C27H31NO5. The number of fused-ring (bicyclic) bond motifs is 1. The molecule has 2 aliphatic heterocycles. The number of rotatable bonds is 7. The highest BCUT2D eigenvalue weighted by Crippen LogP contribution is 2.41. The second-order valence-corrected chi connectivity index (χ2v) is 9.12. The molecule has 0 aromatic heterocycles. The maximum Gasteiger partial charge on any atom is 0.295 e. The summed E-state index contributed by atoms with van der Waals surface area (Å²) in [5.74, 6) is -0.248. The summed E-state index contributed by atoms with van der Waals surface area (Å²) in [5.41, 5.74) is 3.60. The molecule has 2 aromatic rings. The van der Waals surface area contributed by atoms with E-state index >= 15 is 0 Å². The van der Waals surface area contributed by atoms with Gasteiger partial charge in [0.25, 0.3) is 11.7 Å². The van der Waals surface area contributed by atoms with Crippen molar-refractivity contribution in [2.24, 2.45) is 0 Å². The zero-order chi connectivity index (χ0) is 23.7. The molecule has 6 heteroatoms. The summed E-state index contributed by atoms with van der Waals surface area (Å²) < 4.78 is 10.9. The predicted octanol–water partition coefficient (Wildman–Crippen LogP) is 4.59. The molecule has 0 saturated carbocycles. The minimum atomic E-state index is -0.659. The van der Waals surface area contributed by atoms with Crippen LogP contribution in [-0.4, -0.2) is 48.1 Å². The first-order valence-corrected chi connectivity index (χ1v) is 11.5. The van der Waals surface area contributed by atoms with Crippen molar-refractivity contribution in [3.63, 3.8) is 0 Å². The Labute approximate surface area is 194 Å². The van der Waals surface area contributed by atoms with Crippen LogP contribution in [-0.2, 0) is 20.7 Å². The molecule has 174 valence electrons. The second kappa shape index (κ2) is 9.40. The second-order valence-electron chi connectivity index (χ2n) is 9.12. The molecule has 1 fully saturated rings. The topological polar surface area (TPSA) is 76.1 Å². The Bertz CT molecular complexity index is 1090. The van der Waals surface area contributed by atoms with Crippen LogP contribution >= 0.6 is 0 Å². The van der Waals surface area contributed by atoms with E-state index in [1.807, 2.05) is 43.3 Å². The van der Waals surface area contributed by atoms with Crippen molar-refractivity contribution < 1.29 is 24.2 Å². The van der Waals surface area contributed by atoms with Crippen molar-refractivity contribution in [3.05, 3.63) is 70.3 Å². The maximum atomic E-state index is 13.1. The van der Waals surface area contributed by atoms with Crippen LogP contribution in [0.3, 0.4) is 0 Å². The minimum absolute atomic E-state index is 0.0724. The number of carbonyl (C=O) groups excluding carboxylic acids is 2. The van der Waals surface area contributed by atoms with Gasteiger partial charge in [0.2, 0.25) is 0 Å². The Hall–Kier alpha value is -3.12. The van der Waals surface area contributed by atoms with E-state index in [1.54, 1.807) is 18.1 Å². The van der Waals surface area contributed by atoms with Crippen LogP contribution in [0.15, 0.2) is 48.0 Å². The Morgan fingerprint density at radius 3 is 2.58 bits per heavy atom. The Kier molecular flexibility index (Phi) is 6.56. The number of aliphatic hydroxyl groups is 1. The average Bonchev–Trinajstić information content (AvgIpc) is 3.29. The summed E-state index contributed by atoms with van der Waals surface area (Å²) >= 11 is 0. The minimum Gasteiger partial charge on any atom is -0.507 e. The third-order valence-corrected chi connectivity index (χ3v) is 6.38. The summed E-state index contributed by atoms with van der Waals surface area (Å²) in [5, 5.41) is 11.3. The van der Waals surface area contributed by atoms with Gasteiger partial charge in [0.1, 0.15) is 17.6 Å². The summed E-state index contributed by atoms with van der Waals surface area (Å²) in [6, 6.07) is 12.7. The van der Waals surface area contributed by atoms with Crippen LogP contribution in [0.25, 0.3) is 5.76 Å². The number of Topliss-reactive ketones (excluding diaryl/α,β-unsaturated/α-hetero) is 1. The zero-order valence-corrected chi connectivity index (χ0v) is 19.6. The standard InChI is InChI=1S/C27H31NO5/c1-16(2)18-6-8-19(9-7-18)24-23(26(30)27(31)28(24)12-5-13-32-4)25(29)20-10-11-22-21(15-20)14-17(3)33-22/h6-11,15-17,24,29H,5,12-14H2,1-4H3/b25-23+/t17-,24-/m1/s1. The van der Waals surface area contributed by atoms with Crippen LogP contribution in [0.5, 0.6) is 5.75 Å². The number of ketones is 1. The molecule has 0 unspecified atom stereocenters. The van der Waals surface area contributed by atoms with Gasteiger partial charge in [-0.1, -0.05) is 38.1 Å². The van der Waals surface area contributed by atoms with E-state index in [4.69, 9.17) is 9.47 Å². The van der Waals surface area contributed by atoms with Crippen molar-refractivity contribution >= 4 is 17.4 Å². The number of amides is 1. The molecule has 1 amide bonds. The zero-order valence-electron chi connectivity index (χ0n) is 19.6. The fourth-order valence-corrected chi connectivity index (χ4v) is 4.62. The van der Waals surface area contributed by atoms with E-state index in [1.165, 1.54) is 5.56 Å². The number of hydrogen-bond acceptors (Lipinski definition) is 5. The molecule has 33 heavy (non-hydrogen) atoms. The molecule has 0 spiro atoms. The van der Waals surface area contributed by atoms with Crippen molar-refractivity contribution in [1.82, 2.24) is 4.90 Å². The monoisotopic (exact) mass is 449 g/mol. The molecule has 4 rings (SSSR count). The fourth-order valence-electron chi connectivity index (χ4n) is 4.62. The Balaban J connectivity index is 1.79. The van der Waals surface area contributed by atoms with Crippen molar-refractivity contribution in [2.75, 3.05) is 20.3 Å². The highest BCUT2D eigenvalue weighted by Gasteiger charge is 2.45. The predicted molar refractivity (Wildman–Crippen MR) is 126 cm³/mol. The number of hydrogen-bond donors (Lipinski definition) is 1. The lowest BCUT2D eigenvalue weighted by molar-refractivity contribution is -0.140. The summed E-state index contributed by atoms with van der Waals surface area (Å²) in [6.45, 7) is 7.06. The van der Waals surface area contributed by atoms with Gasteiger partial charge >= 0.3 is 0 Å². The highest BCUT2D eigenvalue weighted by atomic mass is 16.5. The lowest BCUT2D eigenvalue weighted by Crippen LogP contribution is -2.31. The third kappa shape index (κ3) is 4.40. The first-order chi connectivity index (χ1) is 15.8. The molecule has 6 nitrogen and oxygen atoms in total. The van der Waals surface area contributed by atoms with Gasteiger partial charge in [-0.2, -0.15) is 0 Å². The average molecular weight is 450 g/mol. The maximum absolute atomic E-state index is 13.1. The lowest BCUT2D eigenvalue weighted by atomic mass is 9.92. The van der Waals surface area contributed by atoms with Gasteiger partial charge in [-0.25, -0.2) is 0 Å². The SMILES string of the molecule is COCCCN1C(=O)C(=O)/C(=C(/O)c2ccc3c(c2)C[C@@H](C)O3)[C@H]1c1ccc(C(C)C)cc1. The number of aliphatic hydroxyl groups excluding tert-OH is 1. The van der Waals surface area contributed by atoms with E-state index in [2.05, 4.69) is 13.8 Å². The molecule has 2 heterocycles. The van der Waals surface area contributed by atoms with Gasteiger partial charge in [-0.05, 0) is 54.2 Å². The molecule has 0 aliphatic carbocycles. The van der Waals surface area contributed by atoms with E-state index in [0.29, 0.717) is 31.1 Å². The van der Waals surface area contributed by atoms with Gasteiger partial charge in [-0.3, -0.25) is 9.59 Å². The number of carbonyl (C=O) groups is 2. The smallest absolute Gasteiger partial charge is 0.295 e. The van der Waals surface area contributed by atoms with Crippen LogP contribution < -0.4 is 4.74 Å². The number of ether oxygens (including phenoxy) is 2. The van der Waals surface area contributed by atoms with E-state index in [-0.39, 0.29) is 17.4 Å². The van der Waals surface area contributed by atoms with Crippen molar-refractivity contribution in [2.45, 2.75) is 51.7 Å². The van der Waals surface area contributed by atoms with Crippen molar-refractivity contribution in [1.29, 1.82) is 0 Å². The lowest BCUT2D eigenvalue weighted by Gasteiger charge is -2.25. The molecule has 1 saturated heterocycles. The quantitative estimate of drug-likeness (QED) is 0.290. The van der Waals surface area contributed by atoms with E-state index in [0.717, 1.165) is 23.3 Å². The summed E-state index contributed by atoms with van der Waals surface area (Å²) in [6.07, 6.45) is 1.41. The fraction of sp³-hybridized carbons (Fsp3) is 0.407. The van der Waals surface area contributed by atoms with E-state index < -0.39 is 17.7 Å². The largest absolute Gasteiger partial charge is 0.507 e. The molecule has 0 bridgehead atoms. The molecule has 2 aromatic carbocycles. The first kappa shape index (κ1) is 23.1. The van der Waals surface area contributed by atoms with Crippen LogP contribution in [0, 0.1) is 0 Å². The van der Waals surface area contributed by atoms with Crippen molar-refractivity contribution in [3.8, 4) is 5.75 Å². The van der Waals surface area contributed by atoms with Gasteiger partial charge in [-0.15, -0.1) is 0 Å².